The van der Waals surface area contributed by atoms with Crippen LogP contribution in [0.15, 0.2) is 42.5 Å². The number of hydrogen-bond acceptors (Lipinski definition) is 6. The Balaban J connectivity index is 1.37. The van der Waals surface area contributed by atoms with Gasteiger partial charge >= 0.3 is 0 Å². The van der Waals surface area contributed by atoms with E-state index in [1.807, 2.05) is 66.0 Å². The molecule has 0 atom stereocenters. The lowest BCUT2D eigenvalue weighted by Crippen LogP contribution is -2.31. The van der Waals surface area contributed by atoms with Crippen molar-refractivity contribution in [2.45, 2.75) is 26.4 Å². The quantitative estimate of drug-likeness (QED) is 0.609. The summed E-state index contributed by atoms with van der Waals surface area (Å²) < 4.78 is 23.5. The Labute approximate surface area is 179 Å². The Morgan fingerprint density at radius 3 is 2.16 bits per heavy atom. The van der Waals surface area contributed by atoms with E-state index in [0.717, 1.165) is 28.3 Å². The predicted octanol–water partition coefficient (Wildman–Crippen LogP) is 2.96. The number of nitrogens with zero attached hydrogens (tertiary/aromatic N) is 3. The van der Waals surface area contributed by atoms with E-state index in [4.69, 9.17) is 18.9 Å². The van der Waals surface area contributed by atoms with Crippen LogP contribution in [-0.4, -0.2) is 34.2 Å². The van der Waals surface area contributed by atoms with E-state index >= 15 is 0 Å². The largest absolute Gasteiger partial charge is 0.454 e. The first kappa shape index (κ1) is 19.3. The van der Waals surface area contributed by atoms with Gasteiger partial charge in [0.2, 0.25) is 19.5 Å². The minimum Gasteiger partial charge on any atom is -0.454 e. The molecule has 31 heavy (non-hydrogen) atoms. The van der Waals surface area contributed by atoms with Crippen LogP contribution in [0.2, 0.25) is 0 Å². The molecule has 2 aliphatic heterocycles. The van der Waals surface area contributed by atoms with Crippen molar-refractivity contribution in [1.29, 1.82) is 0 Å². The maximum atomic E-state index is 13.3. The minimum atomic E-state index is -0.000150. The van der Waals surface area contributed by atoms with E-state index in [-0.39, 0.29) is 25.9 Å². The zero-order valence-electron chi connectivity index (χ0n) is 17.5. The minimum absolute atomic E-state index is 0.000150. The van der Waals surface area contributed by atoms with Crippen LogP contribution in [0.5, 0.6) is 23.0 Å². The number of carbonyl (C=O) groups excluding carboxylic acids is 1. The molecule has 0 fully saturated rings. The van der Waals surface area contributed by atoms with Gasteiger partial charge in [0.15, 0.2) is 23.0 Å². The highest BCUT2D eigenvalue weighted by atomic mass is 16.7. The summed E-state index contributed by atoms with van der Waals surface area (Å²) in [6.45, 7) is 3.28. The van der Waals surface area contributed by atoms with Gasteiger partial charge in [0.05, 0.1) is 18.7 Å². The van der Waals surface area contributed by atoms with Gasteiger partial charge in [-0.1, -0.05) is 12.1 Å². The van der Waals surface area contributed by atoms with Crippen LogP contribution in [0.1, 0.15) is 22.5 Å². The van der Waals surface area contributed by atoms with Gasteiger partial charge in [-0.15, -0.1) is 0 Å². The summed E-state index contributed by atoms with van der Waals surface area (Å²) in [4.78, 5) is 15.1. The van der Waals surface area contributed by atoms with Crippen LogP contribution in [0.25, 0.3) is 0 Å². The van der Waals surface area contributed by atoms with Gasteiger partial charge in [0.1, 0.15) is 0 Å². The SMILES string of the molecule is Cc1cc(CN(Cc2ccc3c(c2)OCO3)C(=O)Cc2ccc3c(c2)OCO3)nn1C. The molecule has 0 bridgehead atoms. The van der Waals surface area contributed by atoms with Crippen molar-refractivity contribution in [1.82, 2.24) is 14.7 Å². The van der Waals surface area contributed by atoms with E-state index in [9.17, 15) is 4.79 Å². The number of aromatic nitrogens is 2. The molecule has 0 N–H and O–H groups in total. The second-order valence-corrected chi connectivity index (χ2v) is 7.70. The van der Waals surface area contributed by atoms with Gasteiger partial charge in [-0.2, -0.15) is 5.10 Å². The molecule has 1 amide bonds. The van der Waals surface area contributed by atoms with Crippen LogP contribution in [0.3, 0.4) is 0 Å². The summed E-state index contributed by atoms with van der Waals surface area (Å²) in [6, 6.07) is 13.4. The van der Waals surface area contributed by atoms with Crippen LogP contribution in [0.4, 0.5) is 0 Å². The summed E-state index contributed by atoms with van der Waals surface area (Å²) in [6.07, 6.45) is 0.257. The highest BCUT2D eigenvalue weighted by molar-refractivity contribution is 5.79. The maximum absolute atomic E-state index is 13.3. The molecule has 2 aliphatic rings. The summed E-state index contributed by atoms with van der Waals surface area (Å²) in [5.74, 6) is 2.81. The van der Waals surface area contributed by atoms with E-state index in [1.165, 1.54) is 0 Å². The summed E-state index contributed by atoms with van der Waals surface area (Å²) in [5, 5.41) is 4.53. The summed E-state index contributed by atoms with van der Waals surface area (Å²) in [5.41, 5.74) is 3.74. The summed E-state index contributed by atoms with van der Waals surface area (Å²) >= 11 is 0. The zero-order valence-corrected chi connectivity index (χ0v) is 17.5. The fourth-order valence-corrected chi connectivity index (χ4v) is 3.74. The Bertz CT molecular complexity index is 1120. The lowest BCUT2D eigenvalue weighted by Gasteiger charge is -2.22. The van der Waals surface area contributed by atoms with Crippen molar-refractivity contribution in [3.8, 4) is 23.0 Å². The van der Waals surface area contributed by atoms with E-state index in [1.54, 1.807) is 0 Å². The van der Waals surface area contributed by atoms with Crippen molar-refractivity contribution < 1.29 is 23.7 Å². The maximum Gasteiger partial charge on any atom is 0.231 e. The fraction of sp³-hybridized carbons (Fsp3) is 0.304. The molecule has 8 heteroatoms. The lowest BCUT2D eigenvalue weighted by atomic mass is 10.1. The standard InChI is InChI=1S/C23H23N3O5/c1-15-7-18(24-25(15)2)12-26(11-17-4-6-20-22(9-17)31-14-29-20)23(27)10-16-3-5-19-21(8-16)30-13-28-19/h3-9H,10-14H2,1-2H3. The highest BCUT2D eigenvalue weighted by Crippen LogP contribution is 2.34. The molecule has 0 saturated heterocycles. The second-order valence-electron chi connectivity index (χ2n) is 7.70. The third-order valence-electron chi connectivity index (χ3n) is 5.47. The molecule has 3 aromatic rings. The molecule has 0 saturated carbocycles. The topological polar surface area (TPSA) is 75.1 Å². The van der Waals surface area contributed by atoms with E-state index in [0.29, 0.717) is 30.3 Å². The Morgan fingerprint density at radius 2 is 1.52 bits per heavy atom. The fourth-order valence-electron chi connectivity index (χ4n) is 3.74. The molecule has 5 rings (SSSR count). The number of ether oxygens (including phenoxy) is 4. The second kappa shape index (κ2) is 7.86. The molecule has 3 heterocycles. The first-order valence-electron chi connectivity index (χ1n) is 10.1. The number of hydrogen-bond donors (Lipinski definition) is 0. The third kappa shape index (κ3) is 4.01. The van der Waals surface area contributed by atoms with Gasteiger partial charge in [-0.25, -0.2) is 0 Å². The highest BCUT2D eigenvalue weighted by Gasteiger charge is 2.21. The van der Waals surface area contributed by atoms with Crippen molar-refractivity contribution in [3.63, 3.8) is 0 Å². The van der Waals surface area contributed by atoms with Crippen LogP contribution < -0.4 is 18.9 Å². The molecule has 0 spiro atoms. The van der Waals surface area contributed by atoms with Crippen LogP contribution >= 0.6 is 0 Å². The van der Waals surface area contributed by atoms with Gasteiger partial charge in [-0.05, 0) is 48.4 Å². The van der Waals surface area contributed by atoms with Crippen molar-refractivity contribution >= 4 is 5.91 Å². The zero-order chi connectivity index (χ0) is 21.4. The number of aryl methyl sites for hydroxylation is 2. The van der Waals surface area contributed by atoms with Gasteiger partial charge in [-0.3, -0.25) is 9.48 Å². The van der Waals surface area contributed by atoms with E-state index < -0.39 is 0 Å². The average Bonchev–Trinajstić information content (AvgIpc) is 3.47. The van der Waals surface area contributed by atoms with Crippen LogP contribution in [-0.2, 0) is 31.4 Å². The van der Waals surface area contributed by atoms with Crippen molar-refractivity contribution in [2.75, 3.05) is 13.6 Å². The first-order chi connectivity index (χ1) is 15.0. The molecule has 0 aliphatic carbocycles. The number of fused-ring (bicyclic) bond motifs is 2. The molecule has 2 aromatic carbocycles. The lowest BCUT2D eigenvalue weighted by molar-refractivity contribution is -0.131. The predicted molar refractivity (Wildman–Crippen MR) is 111 cm³/mol. The van der Waals surface area contributed by atoms with Gasteiger partial charge in [0, 0.05) is 19.3 Å². The smallest absolute Gasteiger partial charge is 0.231 e. The molecular formula is C23H23N3O5. The normalized spacial score (nSPS) is 13.5. The Kier molecular flexibility index (Phi) is 4.89. The molecule has 8 nitrogen and oxygen atoms in total. The van der Waals surface area contributed by atoms with E-state index in [2.05, 4.69) is 5.10 Å². The molecule has 160 valence electrons. The Hall–Kier alpha value is -3.68. The number of amides is 1. The number of benzene rings is 2. The molecule has 0 unspecified atom stereocenters. The monoisotopic (exact) mass is 421 g/mol. The van der Waals surface area contributed by atoms with Gasteiger partial charge in [0.25, 0.3) is 0 Å². The number of carbonyl (C=O) groups is 1. The first-order valence-corrected chi connectivity index (χ1v) is 10.1. The van der Waals surface area contributed by atoms with Crippen LogP contribution in [0, 0.1) is 6.92 Å². The number of rotatable bonds is 6. The summed E-state index contributed by atoms with van der Waals surface area (Å²) in [7, 11) is 1.90. The van der Waals surface area contributed by atoms with Crippen molar-refractivity contribution in [2.24, 2.45) is 7.05 Å². The Morgan fingerprint density at radius 1 is 0.903 bits per heavy atom. The van der Waals surface area contributed by atoms with Crippen molar-refractivity contribution in [3.05, 3.63) is 65.0 Å². The van der Waals surface area contributed by atoms with Gasteiger partial charge < -0.3 is 23.8 Å². The molecular weight excluding hydrogens is 398 g/mol. The molecule has 0 radical (unpaired) electrons. The third-order valence-corrected chi connectivity index (χ3v) is 5.47. The molecule has 1 aromatic heterocycles. The average molecular weight is 421 g/mol.